The van der Waals surface area contributed by atoms with Gasteiger partial charge in [-0.15, -0.1) is 0 Å². The second kappa shape index (κ2) is 15.3. The van der Waals surface area contributed by atoms with Crippen LogP contribution in [0.15, 0.2) is 125 Å². The Morgan fingerprint density at radius 2 is 1.61 bits per heavy atom. The van der Waals surface area contributed by atoms with E-state index in [9.17, 15) is 27.9 Å². The van der Waals surface area contributed by atoms with Crippen LogP contribution < -0.4 is 15.1 Å². The molecule has 61 heavy (non-hydrogen) atoms. The first-order valence-electron chi connectivity index (χ1n) is 19.1. The van der Waals surface area contributed by atoms with Crippen molar-refractivity contribution in [1.82, 2.24) is 9.99 Å². The summed E-state index contributed by atoms with van der Waals surface area (Å²) in [7, 11) is 0. The van der Waals surface area contributed by atoms with Gasteiger partial charge in [0.15, 0.2) is 5.82 Å². The van der Waals surface area contributed by atoms with Gasteiger partial charge in [-0.05, 0) is 78.4 Å². The molecule has 1 saturated carbocycles. The second-order valence-corrected chi connectivity index (χ2v) is 17.2. The van der Waals surface area contributed by atoms with Crippen LogP contribution in [0, 0.1) is 23.7 Å². The Balaban J connectivity index is 1.20. The summed E-state index contributed by atoms with van der Waals surface area (Å²) in [5.74, 6) is -7.70. The minimum absolute atomic E-state index is 0.0880. The highest BCUT2D eigenvalue weighted by Gasteiger charge is 2.70. The molecule has 2 saturated heterocycles. The molecule has 3 fully saturated rings. The van der Waals surface area contributed by atoms with Gasteiger partial charge in [-0.2, -0.15) is 18.2 Å². The molecule has 6 atom stereocenters. The number of nitrogens with zero attached hydrogens (tertiary/aromatic N) is 3. The van der Waals surface area contributed by atoms with Crippen LogP contribution in [-0.2, 0) is 37.4 Å². The predicted octanol–water partition coefficient (Wildman–Crippen LogP) is 9.64. The maximum atomic E-state index is 15.5. The van der Waals surface area contributed by atoms with E-state index in [0.717, 1.165) is 10.0 Å². The van der Waals surface area contributed by atoms with Crippen molar-refractivity contribution in [3.05, 3.63) is 158 Å². The van der Waals surface area contributed by atoms with Gasteiger partial charge in [0.1, 0.15) is 18.1 Å². The van der Waals surface area contributed by atoms with Crippen LogP contribution in [-0.4, -0.2) is 38.7 Å². The summed E-state index contributed by atoms with van der Waals surface area (Å²) in [6.45, 7) is 0.190. The van der Waals surface area contributed by atoms with E-state index in [2.05, 4.69) is 26.3 Å². The number of hydrogen-bond donors (Lipinski definition) is 2. The number of alkyl halides is 3. The highest BCUT2D eigenvalue weighted by Crippen LogP contribution is 2.65. The highest BCUT2D eigenvalue weighted by atomic mass is 79.9. The summed E-state index contributed by atoms with van der Waals surface area (Å²) in [6.07, 6.45) is -2.37. The maximum absolute atomic E-state index is 15.5. The average molecular weight is 933 g/mol. The molecule has 0 spiro atoms. The number of pyridine rings is 1. The van der Waals surface area contributed by atoms with Crippen molar-refractivity contribution in [2.24, 2.45) is 23.7 Å². The Morgan fingerprint density at radius 3 is 2.28 bits per heavy atom. The molecule has 4 aliphatic rings. The molecule has 4 aromatic carbocycles. The van der Waals surface area contributed by atoms with Gasteiger partial charge in [-0.3, -0.25) is 29.5 Å². The monoisotopic (exact) mass is 930 g/mol. The Morgan fingerprint density at radius 1 is 0.885 bits per heavy atom. The number of nitrogens with one attached hydrogen (secondary N) is 1. The summed E-state index contributed by atoms with van der Waals surface area (Å²) >= 11 is 16.1. The highest BCUT2D eigenvalue weighted by molar-refractivity contribution is 9.10. The molecule has 10 nitrogen and oxygen atoms in total. The number of carbonyl (C=O) groups excluding carboxylic acids is 4. The number of aromatic hydroxyl groups is 1. The molecular weight excluding hydrogens is 900 g/mol. The summed E-state index contributed by atoms with van der Waals surface area (Å²) < 4.78 is 47.5. The van der Waals surface area contributed by atoms with Crippen molar-refractivity contribution in [1.29, 1.82) is 0 Å². The zero-order valence-electron chi connectivity index (χ0n) is 31.6. The van der Waals surface area contributed by atoms with Gasteiger partial charge in [0, 0.05) is 33.2 Å². The SMILES string of the molecule is O=C1C2CC3C(=CCC4C(=O)N(c5ccc(Br)cc5)C(=O)C43)C(c3ccc(OCc4ccccc4)cc3O)C2(c2ccc(Cl)cc2)C(=O)N1Nc1ncc(C(F)(F)F)cc1Cl. The number of rotatable bonds is 8. The first-order valence-corrected chi connectivity index (χ1v) is 20.7. The third-order valence-electron chi connectivity index (χ3n) is 12.2. The van der Waals surface area contributed by atoms with E-state index in [1.165, 1.54) is 11.0 Å². The van der Waals surface area contributed by atoms with Gasteiger partial charge in [-0.1, -0.05) is 99.3 Å². The third kappa shape index (κ3) is 6.75. The number of carbonyl (C=O) groups is 4. The van der Waals surface area contributed by atoms with Crippen molar-refractivity contribution in [3.63, 3.8) is 0 Å². The van der Waals surface area contributed by atoms with E-state index in [0.29, 0.717) is 44.9 Å². The minimum atomic E-state index is -4.77. The number of phenols is 1. The molecule has 2 N–H and O–H groups in total. The van der Waals surface area contributed by atoms with Crippen molar-refractivity contribution < 1.29 is 42.2 Å². The fourth-order valence-corrected chi connectivity index (χ4v) is 10.2. The molecule has 6 unspecified atom stereocenters. The van der Waals surface area contributed by atoms with Crippen molar-refractivity contribution in [2.75, 3.05) is 10.3 Å². The van der Waals surface area contributed by atoms with Gasteiger partial charge in [0.25, 0.3) is 11.8 Å². The van der Waals surface area contributed by atoms with Gasteiger partial charge in [0.2, 0.25) is 11.8 Å². The Bertz CT molecular complexity index is 2650. The quantitative estimate of drug-likeness (QED) is 0.116. The smallest absolute Gasteiger partial charge is 0.417 e. The zero-order chi connectivity index (χ0) is 43.0. The molecule has 2 aliphatic carbocycles. The van der Waals surface area contributed by atoms with E-state index in [1.807, 2.05) is 36.4 Å². The van der Waals surface area contributed by atoms with Crippen molar-refractivity contribution in [2.45, 2.75) is 37.0 Å². The number of halogens is 6. The molecule has 9 rings (SSSR count). The Labute approximate surface area is 365 Å². The number of hydrazine groups is 1. The van der Waals surface area contributed by atoms with Crippen LogP contribution in [0.5, 0.6) is 11.5 Å². The van der Waals surface area contributed by atoms with Crippen LogP contribution in [0.4, 0.5) is 24.7 Å². The fraction of sp³-hybridized carbons (Fsp3) is 0.222. The van der Waals surface area contributed by atoms with Crippen LogP contribution in [0.25, 0.3) is 0 Å². The molecule has 0 radical (unpaired) electrons. The number of allylic oxidation sites excluding steroid dienone is 2. The van der Waals surface area contributed by atoms with Crippen molar-refractivity contribution >= 4 is 74.3 Å². The van der Waals surface area contributed by atoms with Crippen LogP contribution >= 0.6 is 39.1 Å². The van der Waals surface area contributed by atoms with E-state index >= 15 is 9.59 Å². The van der Waals surface area contributed by atoms with Gasteiger partial charge in [-0.25, -0.2) is 4.98 Å². The molecule has 4 amide bonds. The number of anilines is 2. The van der Waals surface area contributed by atoms with Gasteiger partial charge >= 0.3 is 6.18 Å². The first kappa shape index (κ1) is 40.7. The predicted molar refractivity (Wildman–Crippen MR) is 222 cm³/mol. The topological polar surface area (TPSA) is 129 Å². The number of amides is 4. The third-order valence-corrected chi connectivity index (χ3v) is 13.3. The number of hydrogen-bond acceptors (Lipinski definition) is 8. The van der Waals surface area contributed by atoms with E-state index in [4.69, 9.17) is 27.9 Å². The largest absolute Gasteiger partial charge is 0.508 e. The molecule has 310 valence electrons. The molecule has 5 aromatic rings. The summed E-state index contributed by atoms with van der Waals surface area (Å²) in [5.41, 5.74) is 2.03. The average Bonchev–Trinajstić information content (AvgIpc) is 3.62. The second-order valence-electron chi connectivity index (χ2n) is 15.4. The minimum Gasteiger partial charge on any atom is -0.508 e. The number of fused-ring (bicyclic) bond motifs is 4. The van der Waals surface area contributed by atoms with Crippen LogP contribution in [0.1, 0.15) is 41.0 Å². The number of benzene rings is 4. The van der Waals surface area contributed by atoms with Crippen LogP contribution in [0.2, 0.25) is 10.0 Å². The number of ether oxygens (including phenoxy) is 1. The van der Waals surface area contributed by atoms with E-state index < -0.39 is 75.4 Å². The lowest BCUT2D eigenvalue weighted by atomic mass is 9.49. The summed E-state index contributed by atoms with van der Waals surface area (Å²) in [4.78, 5) is 64.2. The Kier molecular flexibility index (Phi) is 10.2. The van der Waals surface area contributed by atoms with E-state index in [-0.39, 0.29) is 36.6 Å². The lowest BCUT2D eigenvalue weighted by Gasteiger charge is -2.50. The van der Waals surface area contributed by atoms with Gasteiger partial charge in [0.05, 0.1) is 39.4 Å². The van der Waals surface area contributed by atoms with Gasteiger partial charge < -0.3 is 9.84 Å². The molecule has 2 aliphatic heterocycles. The molecule has 1 aromatic heterocycles. The lowest BCUT2D eigenvalue weighted by Crippen LogP contribution is -2.53. The molecule has 3 heterocycles. The normalized spacial score (nSPS) is 24.6. The number of phenolic OH excluding ortho intramolecular Hbond substituents is 1. The van der Waals surface area contributed by atoms with Crippen LogP contribution in [0.3, 0.4) is 0 Å². The maximum Gasteiger partial charge on any atom is 0.417 e. The van der Waals surface area contributed by atoms with E-state index in [1.54, 1.807) is 60.7 Å². The summed E-state index contributed by atoms with van der Waals surface area (Å²) in [6, 6.07) is 27.8. The fourth-order valence-electron chi connectivity index (χ4n) is 9.57. The first-order chi connectivity index (χ1) is 29.2. The summed E-state index contributed by atoms with van der Waals surface area (Å²) in [5, 5.41) is 12.6. The van der Waals surface area contributed by atoms with Crippen molar-refractivity contribution in [3.8, 4) is 11.5 Å². The lowest BCUT2D eigenvalue weighted by molar-refractivity contribution is -0.139. The molecule has 0 bridgehead atoms. The Hall–Kier alpha value is -5.70. The number of aromatic nitrogens is 1. The molecule has 16 heteroatoms. The molecular formula is C45H32BrCl2F3N4O6. The number of imide groups is 2. The zero-order valence-corrected chi connectivity index (χ0v) is 34.7. The standard InChI is InChI=1S/C45H32BrCl2F3N4O6/c46-26-8-12-28(13-9-26)54-40(57)32-17-16-30-33(37(32)42(54)59)20-34-41(58)55(53-39-35(48)18-25(21-52-39)45(49,50)51)43(60)44(34,24-6-10-27(47)11-7-24)38(30)31-15-14-29(19-36(31)56)61-22-23-4-2-1-3-5-23/h1-16,18-19,21,32-34,37-38,56H,17,20,22H2,(H,52,53).